The summed E-state index contributed by atoms with van der Waals surface area (Å²) in [4.78, 5) is 26.8. The average molecular weight is 1140 g/mol. The van der Waals surface area contributed by atoms with E-state index >= 15 is 0 Å². The van der Waals surface area contributed by atoms with Crippen LogP contribution in [0.15, 0.2) is 91.0 Å². The standard InChI is InChI=1S/C66H104O12S.Na/c1-3-5-7-9-11-13-15-17-19-21-23-25-27-29-40-48-61(67)72-53-59(77-62(68)49-41-30-28-26-24-22-20-18-16-14-12-10-8-6-4-2)54-76-66-65(75-52-58-46-38-33-39-47-58)64(74-51-57-44-36-32-37-45-57)63(60(78-66)55-79(69,70)71)73-50-56-42-34-31-35-43-56;/h31-39,42-47,59-60,63-66H,3-30,40-41,48-55H2,1-2H3,(H,69,70,71);/q;+1/p-1/t59?,60-,63-,64+,65-,66-;/m1./s1. The fraction of sp³-hybridized carbons (Fsp3) is 0.697. The number of rotatable bonds is 49. The first-order valence-electron chi connectivity index (χ1n) is 31.2. The van der Waals surface area contributed by atoms with Gasteiger partial charge in [0.25, 0.3) is 0 Å². The van der Waals surface area contributed by atoms with Crippen molar-refractivity contribution in [2.24, 2.45) is 0 Å². The molecular formula is C66H103NaO12S. The summed E-state index contributed by atoms with van der Waals surface area (Å²) in [6.07, 6.45) is 30.1. The number of hydrogen-bond donors (Lipinski definition) is 0. The van der Waals surface area contributed by atoms with Crippen LogP contribution in [0.25, 0.3) is 0 Å². The predicted octanol–water partition coefficient (Wildman–Crippen LogP) is 13.0. The van der Waals surface area contributed by atoms with Crippen molar-refractivity contribution in [2.75, 3.05) is 19.0 Å². The first-order chi connectivity index (χ1) is 38.6. The maximum Gasteiger partial charge on any atom is 1.00 e. The van der Waals surface area contributed by atoms with Crippen molar-refractivity contribution in [3.63, 3.8) is 0 Å². The molecule has 0 bridgehead atoms. The van der Waals surface area contributed by atoms with Crippen molar-refractivity contribution >= 4 is 22.1 Å². The molecule has 0 saturated carbocycles. The molecule has 3 aromatic carbocycles. The number of hydrogen-bond acceptors (Lipinski definition) is 12. The van der Waals surface area contributed by atoms with Crippen molar-refractivity contribution in [2.45, 2.75) is 276 Å². The molecule has 1 saturated heterocycles. The van der Waals surface area contributed by atoms with Crippen LogP contribution in [0.1, 0.15) is 236 Å². The van der Waals surface area contributed by atoms with Crippen molar-refractivity contribution in [3.05, 3.63) is 108 Å². The maximum atomic E-state index is 13.5. The molecule has 0 spiro atoms. The van der Waals surface area contributed by atoms with E-state index in [1.165, 1.54) is 141 Å². The number of carbonyl (C=O) groups excluding carboxylic acids is 2. The molecule has 6 atom stereocenters. The molecule has 1 aliphatic rings. The smallest absolute Gasteiger partial charge is 0.748 e. The normalized spacial score (nSPS) is 17.7. The summed E-state index contributed by atoms with van der Waals surface area (Å²) in [6.45, 7) is 4.24. The Morgan fingerprint density at radius 2 is 0.787 bits per heavy atom. The van der Waals surface area contributed by atoms with E-state index in [1.54, 1.807) is 0 Å². The Labute approximate surface area is 506 Å². The van der Waals surface area contributed by atoms with Crippen LogP contribution in [0.5, 0.6) is 0 Å². The van der Waals surface area contributed by atoms with E-state index in [1.807, 2.05) is 91.0 Å². The maximum absolute atomic E-state index is 13.5. The van der Waals surface area contributed by atoms with Gasteiger partial charge in [0, 0.05) is 12.8 Å². The summed E-state index contributed by atoms with van der Waals surface area (Å²) >= 11 is 0. The van der Waals surface area contributed by atoms with E-state index in [4.69, 9.17) is 33.2 Å². The molecule has 3 aromatic rings. The van der Waals surface area contributed by atoms with Crippen LogP contribution < -0.4 is 29.6 Å². The van der Waals surface area contributed by atoms with Gasteiger partial charge in [-0.3, -0.25) is 9.59 Å². The van der Waals surface area contributed by atoms with Gasteiger partial charge in [0.1, 0.15) is 31.0 Å². The van der Waals surface area contributed by atoms with Gasteiger partial charge in [-0.15, -0.1) is 0 Å². The monoisotopic (exact) mass is 1140 g/mol. The Bertz CT molecular complexity index is 2050. The minimum absolute atomic E-state index is 0. The number of benzene rings is 3. The van der Waals surface area contributed by atoms with Crippen LogP contribution in [0, 0.1) is 0 Å². The van der Waals surface area contributed by atoms with Gasteiger partial charge in [-0.2, -0.15) is 0 Å². The molecule has 12 nitrogen and oxygen atoms in total. The second-order valence-electron chi connectivity index (χ2n) is 22.1. The SMILES string of the molecule is CCCCCCCCCCCCCCCCCC(=O)OCC(CO[C@@H]1O[C@H](CS(=O)(=O)[O-])[C@@H](OCc2ccccc2)[C@H](OCc2ccccc2)[C@H]1OCc1ccccc1)OC(=O)CCCCCCCCCCCCCCCCC.[Na+]. The average Bonchev–Trinajstić information content (AvgIpc) is 3.56. The van der Waals surface area contributed by atoms with Crippen LogP contribution in [0.3, 0.4) is 0 Å². The van der Waals surface area contributed by atoms with E-state index in [-0.39, 0.29) is 81.4 Å². The molecular weight excluding hydrogens is 1040 g/mol. The van der Waals surface area contributed by atoms with Gasteiger partial charge in [0.2, 0.25) is 0 Å². The summed E-state index contributed by atoms with van der Waals surface area (Å²) in [5.74, 6) is -1.75. The Kier molecular flexibility index (Phi) is 41.7. The van der Waals surface area contributed by atoms with Crippen LogP contribution in [-0.2, 0) is 72.7 Å². The first-order valence-corrected chi connectivity index (χ1v) is 32.7. The van der Waals surface area contributed by atoms with E-state index in [2.05, 4.69) is 13.8 Å². The molecule has 1 aliphatic heterocycles. The summed E-state index contributed by atoms with van der Waals surface area (Å²) in [7, 11) is -4.87. The fourth-order valence-electron chi connectivity index (χ4n) is 10.3. The largest absolute Gasteiger partial charge is 1.00 e. The van der Waals surface area contributed by atoms with E-state index in [0.717, 1.165) is 55.2 Å². The molecule has 14 heteroatoms. The van der Waals surface area contributed by atoms with Crippen LogP contribution in [0.2, 0.25) is 0 Å². The van der Waals surface area contributed by atoms with Gasteiger partial charge >= 0.3 is 41.5 Å². The fourth-order valence-corrected chi connectivity index (χ4v) is 11.0. The second kappa shape index (κ2) is 46.7. The molecule has 0 radical (unpaired) electrons. The minimum atomic E-state index is -4.87. The van der Waals surface area contributed by atoms with Crippen molar-refractivity contribution in [1.82, 2.24) is 0 Å². The van der Waals surface area contributed by atoms with Crippen molar-refractivity contribution in [1.29, 1.82) is 0 Å². The molecule has 446 valence electrons. The Morgan fingerprint density at radius 3 is 1.16 bits per heavy atom. The Balaban J connectivity index is 0.0000168. The summed E-state index contributed by atoms with van der Waals surface area (Å²) in [5, 5.41) is 0. The van der Waals surface area contributed by atoms with E-state index in [9.17, 15) is 22.6 Å². The van der Waals surface area contributed by atoms with Gasteiger partial charge in [-0.25, -0.2) is 8.42 Å². The third-order valence-corrected chi connectivity index (χ3v) is 15.7. The molecule has 0 aromatic heterocycles. The van der Waals surface area contributed by atoms with Gasteiger partial charge < -0.3 is 37.7 Å². The molecule has 0 amide bonds. The molecule has 80 heavy (non-hydrogen) atoms. The number of unbranched alkanes of at least 4 members (excludes halogenated alkanes) is 28. The van der Waals surface area contributed by atoms with Gasteiger partial charge in [0.15, 0.2) is 12.4 Å². The third kappa shape index (κ3) is 34.8. The van der Waals surface area contributed by atoms with Gasteiger partial charge in [-0.05, 0) is 29.5 Å². The zero-order valence-corrected chi connectivity index (χ0v) is 52.6. The number of esters is 2. The molecule has 1 heterocycles. The Hall–Kier alpha value is -2.69. The van der Waals surface area contributed by atoms with Crippen LogP contribution in [-0.4, -0.2) is 80.7 Å². The summed E-state index contributed by atoms with van der Waals surface area (Å²) in [5.41, 5.74) is 2.51. The zero-order valence-electron chi connectivity index (χ0n) is 49.8. The topological polar surface area (TPSA) is 156 Å². The Morgan fingerprint density at radius 1 is 0.450 bits per heavy atom. The minimum Gasteiger partial charge on any atom is -0.748 e. The van der Waals surface area contributed by atoms with E-state index < -0.39 is 58.7 Å². The third-order valence-electron chi connectivity index (χ3n) is 15.0. The molecule has 4 rings (SSSR count). The van der Waals surface area contributed by atoms with Crippen molar-refractivity contribution in [3.8, 4) is 0 Å². The van der Waals surface area contributed by atoms with E-state index in [0.29, 0.717) is 12.8 Å². The summed E-state index contributed by atoms with van der Waals surface area (Å²) in [6, 6.07) is 28.4. The van der Waals surface area contributed by atoms with Crippen molar-refractivity contribution < 1.29 is 85.3 Å². The number of carbonyl (C=O) groups is 2. The van der Waals surface area contributed by atoms with Gasteiger partial charge in [-0.1, -0.05) is 285 Å². The number of ether oxygens (including phenoxy) is 7. The molecule has 0 aliphatic carbocycles. The second-order valence-corrected chi connectivity index (χ2v) is 23.5. The van der Waals surface area contributed by atoms with Crippen LogP contribution >= 0.6 is 0 Å². The molecule has 1 unspecified atom stereocenters. The predicted molar refractivity (Wildman–Crippen MR) is 314 cm³/mol. The molecule has 0 N–H and O–H groups in total. The molecule has 1 fully saturated rings. The van der Waals surface area contributed by atoms with Crippen LogP contribution in [0.4, 0.5) is 0 Å². The zero-order chi connectivity index (χ0) is 56.3. The van der Waals surface area contributed by atoms with Gasteiger partial charge in [0.05, 0.1) is 42.3 Å². The quantitative estimate of drug-likeness (QED) is 0.0229. The first kappa shape index (κ1) is 71.6. The summed E-state index contributed by atoms with van der Waals surface area (Å²) < 4.78 is 82.3.